The minimum absolute atomic E-state index is 0.0902. The highest BCUT2D eigenvalue weighted by Crippen LogP contribution is 2.35. The average Bonchev–Trinajstić information content (AvgIpc) is 3.04. The number of hydrogen-bond acceptors (Lipinski definition) is 6. The lowest BCUT2D eigenvalue weighted by atomic mass is 10.1. The maximum Gasteiger partial charge on any atom is 0.243 e. The molecule has 0 amide bonds. The van der Waals surface area contributed by atoms with Crippen LogP contribution in [0.15, 0.2) is 23.1 Å². The number of nitrogens with zero attached hydrogens (tertiary/aromatic N) is 1. The Balaban J connectivity index is 2.30. The fourth-order valence-corrected chi connectivity index (χ4v) is 4.65. The van der Waals surface area contributed by atoms with Crippen molar-refractivity contribution in [1.29, 1.82) is 0 Å². The van der Waals surface area contributed by atoms with Gasteiger partial charge in [0.25, 0.3) is 0 Å². The van der Waals surface area contributed by atoms with Crippen molar-refractivity contribution in [2.75, 3.05) is 26.5 Å². The Morgan fingerprint density at radius 3 is 2.60 bits per heavy atom. The number of hydrogen-bond donors (Lipinski definition) is 2. The van der Waals surface area contributed by atoms with Gasteiger partial charge in [0.2, 0.25) is 16.8 Å². The Kier molecular flexibility index (Phi) is 7.06. The van der Waals surface area contributed by atoms with Gasteiger partial charge in [0, 0.05) is 18.7 Å². The van der Waals surface area contributed by atoms with Gasteiger partial charge in [-0.05, 0) is 37.4 Å². The molecule has 0 radical (unpaired) electrons. The zero-order valence-electron chi connectivity index (χ0n) is 14.8. The van der Waals surface area contributed by atoms with Gasteiger partial charge >= 0.3 is 0 Å². The number of aliphatic hydroxyl groups is 1. The van der Waals surface area contributed by atoms with Crippen molar-refractivity contribution in [2.24, 2.45) is 11.7 Å². The quantitative estimate of drug-likeness (QED) is 0.604. The summed E-state index contributed by atoms with van der Waals surface area (Å²) in [6.07, 6.45) is 2.15. The highest BCUT2D eigenvalue weighted by atomic mass is 32.2. The molecule has 2 rings (SSSR count). The number of unbranched alkanes of at least 4 members (excludes halogenated alkanes) is 1. The van der Waals surface area contributed by atoms with E-state index < -0.39 is 16.1 Å². The predicted octanol–water partition coefficient (Wildman–Crippen LogP) is 1.55. The highest BCUT2D eigenvalue weighted by molar-refractivity contribution is 7.89. The normalized spacial score (nSPS) is 15.1. The minimum atomic E-state index is -3.76. The zero-order chi connectivity index (χ0) is 18.4. The molecule has 0 fully saturated rings. The SMILES string of the molecule is CC(C)CN(C(CO)CCCCN)S(=O)(=O)c1ccc2c(c1)OCO2. The van der Waals surface area contributed by atoms with Gasteiger partial charge in [-0.2, -0.15) is 4.31 Å². The maximum atomic E-state index is 13.2. The van der Waals surface area contributed by atoms with Crippen LogP contribution in [0.5, 0.6) is 11.5 Å². The number of sulfonamides is 1. The standard InChI is InChI=1S/C17H28N2O5S/c1-13(2)10-19(14(11-20)5-3-4-8-18)25(21,22)15-6-7-16-17(9-15)24-12-23-16/h6-7,9,13-14,20H,3-5,8,10-12,18H2,1-2H3. The molecular formula is C17H28N2O5S. The van der Waals surface area contributed by atoms with Gasteiger partial charge in [0.1, 0.15) is 0 Å². The van der Waals surface area contributed by atoms with Crippen LogP contribution in [0.4, 0.5) is 0 Å². The van der Waals surface area contributed by atoms with E-state index in [0.29, 0.717) is 31.0 Å². The smallest absolute Gasteiger partial charge is 0.243 e. The van der Waals surface area contributed by atoms with Crippen LogP contribution in [0.3, 0.4) is 0 Å². The van der Waals surface area contributed by atoms with Gasteiger partial charge in [0.05, 0.1) is 11.5 Å². The minimum Gasteiger partial charge on any atom is -0.454 e. The lowest BCUT2D eigenvalue weighted by Crippen LogP contribution is -2.44. The summed E-state index contributed by atoms with van der Waals surface area (Å²) in [5, 5.41) is 9.79. The summed E-state index contributed by atoms with van der Waals surface area (Å²) in [7, 11) is -3.76. The molecule has 1 unspecified atom stereocenters. The largest absolute Gasteiger partial charge is 0.454 e. The third kappa shape index (κ3) is 4.84. The van der Waals surface area contributed by atoms with E-state index >= 15 is 0 Å². The average molecular weight is 372 g/mol. The van der Waals surface area contributed by atoms with Crippen LogP contribution < -0.4 is 15.2 Å². The molecular weight excluding hydrogens is 344 g/mol. The molecule has 3 N–H and O–H groups in total. The first-order valence-corrected chi connectivity index (χ1v) is 10.1. The molecule has 1 heterocycles. The number of benzene rings is 1. The molecule has 0 bridgehead atoms. The van der Waals surface area contributed by atoms with Crippen LogP contribution in [0, 0.1) is 5.92 Å². The molecule has 8 heteroatoms. The molecule has 142 valence electrons. The third-order valence-electron chi connectivity index (χ3n) is 4.11. The summed E-state index contributed by atoms with van der Waals surface area (Å²) in [5.74, 6) is 1.10. The van der Waals surface area contributed by atoms with Crippen LogP contribution in [0.25, 0.3) is 0 Å². The number of rotatable bonds is 10. The predicted molar refractivity (Wildman–Crippen MR) is 95.1 cm³/mol. The molecule has 1 aliphatic rings. The first-order chi connectivity index (χ1) is 11.9. The first kappa shape index (κ1) is 20.0. The van der Waals surface area contributed by atoms with Crippen LogP contribution >= 0.6 is 0 Å². The summed E-state index contributed by atoms with van der Waals surface area (Å²) in [6.45, 7) is 4.67. The van der Waals surface area contributed by atoms with E-state index in [1.54, 1.807) is 6.07 Å². The van der Waals surface area contributed by atoms with Crippen LogP contribution in [-0.4, -0.2) is 50.4 Å². The molecule has 1 aliphatic heterocycles. The van der Waals surface area contributed by atoms with E-state index in [1.807, 2.05) is 13.8 Å². The van der Waals surface area contributed by atoms with Gasteiger partial charge < -0.3 is 20.3 Å². The van der Waals surface area contributed by atoms with Crippen molar-refractivity contribution < 1.29 is 23.0 Å². The molecule has 7 nitrogen and oxygen atoms in total. The van der Waals surface area contributed by atoms with E-state index in [1.165, 1.54) is 16.4 Å². The number of fused-ring (bicyclic) bond motifs is 1. The van der Waals surface area contributed by atoms with Gasteiger partial charge in [-0.1, -0.05) is 20.3 Å². The molecule has 1 aromatic carbocycles. The van der Waals surface area contributed by atoms with Crippen molar-refractivity contribution in [3.63, 3.8) is 0 Å². The van der Waals surface area contributed by atoms with Crippen LogP contribution in [0.2, 0.25) is 0 Å². The Morgan fingerprint density at radius 1 is 1.24 bits per heavy atom. The Morgan fingerprint density at radius 2 is 1.96 bits per heavy atom. The molecule has 0 saturated carbocycles. The van der Waals surface area contributed by atoms with Crippen LogP contribution in [-0.2, 0) is 10.0 Å². The summed E-state index contributed by atoms with van der Waals surface area (Å²) < 4.78 is 38.3. The highest BCUT2D eigenvalue weighted by Gasteiger charge is 2.32. The lowest BCUT2D eigenvalue weighted by molar-refractivity contribution is 0.168. The molecule has 0 spiro atoms. The second kappa shape index (κ2) is 8.84. The van der Waals surface area contributed by atoms with Crippen molar-refractivity contribution in [2.45, 2.75) is 44.0 Å². The molecule has 1 atom stereocenters. The van der Waals surface area contributed by atoms with Crippen molar-refractivity contribution in [3.8, 4) is 11.5 Å². The van der Waals surface area contributed by atoms with E-state index in [4.69, 9.17) is 15.2 Å². The Labute approximate surface area is 149 Å². The fourth-order valence-electron chi connectivity index (χ4n) is 2.83. The maximum absolute atomic E-state index is 13.2. The molecule has 0 aromatic heterocycles. The summed E-state index contributed by atoms with van der Waals surface area (Å²) in [5.41, 5.74) is 5.52. The number of ether oxygens (including phenoxy) is 2. The van der Waals surface area contributed by atoms with Gasteiger partial charge in [0.15, 0.2) is 11.5 Å². The van der Waals surface area contributed by atoms with Gasteiger partial charge in [-0.3, -0.25) is 0 Å². The second-order valence-electron chi connectivity index (χ2n) is 6.60. The number of aliphatic hydroxyl groups excluding tert-OH is 1. The second-order valence-corrected chi connectivity index (χ2v) is 8.50. The summed E-state index contributed by atoms with van der Waals surface area (Å²) >= 11 is 0. The molecule has 25 heavy (non-hydrogen) atoms. The van der Waals surface area contributed by atoms with Crippen molar-refractivity contribution in [3.05, 3.63) is 18.2 Å². The molecule has 0 saturated heterocycles. The molecule has 0 aliphatic carbocycles. The van der Waals surface area contributed by atoms with E-state index in [-0.39, 0.29) is 24.2 Å². The topological polar surface area (TPSA) is 102 Å². The first-order valence-electron chi connectivity index (χ1n) is 8.62. The number of nitrogens with two attached hydrogens (primary N) is 1. The third-order valence-corrected chi connectivity index (χ3v) is 6.02. The monoisotopic (exact) mass is 372 g/mol. The summed E-state index contributed by atoms with van der Waals surface area (Å²) in [4.78, 5) is 0.148. The lowest BCUT2D eigenvalue weighted by Gasteiger charge is -2.31. The molecule has 1 aromatic rings. The van der Waals surface area contributed by atoms with Gasteiger partial charge in [-0.25, -0.2) is 8.42 Å². The summed E-state index contributed by atoms with van der Waals surface area (Å²) in [6, 6.07) is 4.14. The van der Waals surface area contributed by atoms with Gasteiger partial charge in [-0.15, -0.1) is 0 Å². The van der Waals surface area contributed by atoms with E-state index in [0.717, 1.165) is 12.8 Å². The van der Waals surface area contributed by atoms with E-state index in [2.05, 4.69) is 0 Å². The zero-order valence-corrected chi connectivity index (χ0v) is 15.7. The van der Waals surface area contributed by atoms with Crippen molar-refractivity contribution in [1.82, 2.24) is 4.31 Å². The fraction of sp³-hybridized carbons (Fsp3) is 0.647. The van der Waals surface area contributed by atoms with Crippen molar-refractivity contribution >= 4 is 10.0 Å². The van der Waals surface area contributed by atoms with Crippen LogP contribution in [0.1, 0.15) is 33.1 Å². The Bertz CT molecular complexity index is 663. The Hall–Kier alpha value is -1.35. The van der Waals surface area contributed by atoms with E-state index in [9.17, 15) is 13.5 Å².